The van der Waals surface area contributed by atoms with Crippen molar-refractivity contribution in [1.29, 1.82) is 0 Å². The first kappa shape index (κ1) is 18.0. The molecule has 0 saturated heterocycles. The van der Waals surface area contributed by atoms with Gasteiger partial charge in [-0.15, -0.1) is 0 Å². The first-order valence-corrected chi connectivity index (χ1v) is 7.97. The van der Waals surface area contributed by atoms with Crippen molar-refractivity contribution in [2.24, 2.45) is 0 Å². The summed E-state index contributed by atoms with van der Waals surface area (Å²) in [7, 11) is 0. The van der Waals surface area contributed by atoms with Crippen molar-refractivity contribution in [3.63, 3.8) is 0 Å². The predicted octanol–water partition coefficient (Wildman–Crippen LogP) is 3.96. The zero-order valence-electron chi connectivity index (χ0n) is 13.5. The van der Waals surface area contributed by atoms with Gasteiger partial charge in [0.1, 0.15) is 6.10 Å². The highest BCUT2D eigenvalue weighted by Gasteiger charge is 2.15. The van der Waals surface area contributed by atoms with Crippen LogP contribution in [-0.4, -0.2) is 24.5 Å². The molecule has 0 radical (unpaired) electrons. The molecule has 0 spiro atoms. The summed E-state index contributed by atoms with van der Waals surface area (Å²) in [6.07, 6.45) is -0.577. The number of para-hydroxylation sites is 1. The molecule has 2 N–H and O–H groups in total. The number of carbonyl (C=O) groups excluding carboxylic acids is 2. The minimum atomic E-state index is -0.577. The monoisotopic (exact) mass is 346 g/mol. The van der Waals surface area contributed by atoms with Gasteiger partial charge < -0.3 is 15.4 Å². The molecule has 126 valence electrons. The van der Waals surface area contributed by atoms with Crippen molar-refractivity contribution in [3.8, 4) is 0 Å². The van der Waals surface area contributed by atoms with E-state index in [0.717, 1.165) is 0 Å². The van der Waals surface area contributed by atoms with Crippen molar-refractivity contribution in [3.05, 3.63) is 59.1 Å². The molecule has 6 heteroatoms. The van der Waals surface area contributed by atoms with Crippen LogP contribution in [0, 0.1) is 0 Å². The third kappa shape index (κ3) is 4.81. The van der Waals surface area contributed by atoms with Gasteiger partial charge in [0.2, 0.25) is 0 Å². The predicted molar refractivity (Wildman–Crippen MR) is 95.6 cm³/mol. The Hall–Kier alpha value is -2.37. The fourth-order valence-corrected chi connectivity index (χ4v) is 2.27. The third-order valence-corrected chi connectivity index (χ3v) is 3.63. The average molecular weight is 347 g/mol. The summed E-state index contributed by atoms with van der Waals surface area (Å²) in [5.74, 6) is -0.631. The Morgan fingerprint density at radius 3 is 2.46 bits per heavy atom. The molecule has 0 heterocycles. The van der Waals surface area contributed by atoms with Gasteiger partial charge in [0.05, 0.1) is 10.6 Å². The lowest BCUT2D eigenvalue weighted by Crippen LogP contribution is -2.27. The molecule has 0 aliphatic heterocycles. The van der Waals surface area contributed by atoms with Crippen LogP contribution < -0.4 is 10.6 Å². The van der Waals surface area contributed by atoms with Gasteiger partial charge in [0.25, 0.3) is 11.8 Å². The van der Waals surface area contributed by atoms with Crippen molar-refractivity contribution in [1.82, 2.24) is 0 Å². The van der Waals surface area contributed by atoms with Crippen LogP contribution in [0.25, 0.3) is 0 Å². The van der Waals surface area contributed by atoms with Gasteiger partial charge in [-0.1, -0.05) is 29.8 Å². The number of halogens is 1. The quantitative estimate of drug-likeness (QED) is 0.832. The molecule has 0 aliphatic rings. The molecule has 0 saturated carbocycles. The first-order valence-electron chi connectivity index (χ1n) is 7.59. The maximum atomic E-state index is 12.4. The van der Waals surface area contributed by atoms with E-state index in [1.54, 1.807) is 31.2 Å². The molecule has 0 aromatic heterocycles. The summed E-state index contributed by atoms with van der Waals surface area (Å²) in [4.78, 5) is 24.4. The summed E-state index contributed by atoms with van der Waals surface area (Å²) in [5, 5.41) is 5.78. The van der Waals surface area contributed by atoms with Crippen LogP contribution in [0.4, 0.5) is 11.4 Å². The molecule has 2 amide bonds. The number of hydrogen-bond acceptors (Lipinski definition) is 3. The van der Waals surface area contributed by atoms with Crippen LogP contribution >= 0.6 is 11.6 Å². The number of benzene rings is 2. The maximum absolute atomic E-state index is 12.4. The number of carbonyl (C=O) groups is 2. The Morgan fingerprint density at radius 1 is 1.08 bits per heavy atom. The van der Waals surface area contributed by atoms with Crippen LogP contribution in [0.15, 0.2) is 48.5 Å². The summed E-state index contributed by atoms with van der Waals surface area (Å²) >= 11 is 6.11. The highest BCUT2D eigenvalue weighted by Crippen LogP contribution is 2.22. The lowest BCUT2D eigenvalue weighted by molar-refractivity contribution is -0.126. The molecular formula is C18H19ClN2O3. The van der Waals surface area contributed by atoms with Crippen LogP contribution in [-0.2, 0) is 9.53 Å². The van der Waals surface area contributed by atoms with Gasteiger partial charge in [-0.3, -0.25) is 9.59 Å². The summed E-state index contributed by atoms with van der Waals surface area (Å²) in [5.41, 5.74) is 1.43. The molecule has 0 fully saturated rings. The highest BCUT2D eigenvalue weighted by molar-refractivity contribution is 6.34. The third-order valence-electron chi connectivity index (χ3n) is 3.30. The van der Waals surface area contributed by atoms with E-state index in [1.807, 2.05) is 25.1 Å². The number of hydrogen-bond donors (Lipinski definition) is 2. The lowest BCUT2D eigenvalue weighted by Gasteiger charge is -2.13. The number of nitrogens with one attached hydrogen (secondary N) is 2. The van der Waals surface area contributed by atoms with E-state index in [0.29, 0.717) is 23.0 Å². The molecule has 2 aromatic rings. The normalized spacial score (nSPS) is 11.6. The van der Waals surface area contributed by atoms with E-state index in [9.17, 15) is 9.59 Å². The van der Waals surface area contributed by atoms with Crippen LogP contribution in [0.3, 0.4) is 0 Å². The standard InChI is InChI=1S/C18H19ClN2O3/c1-3-24-12(2)17(22)21-14-9-10-16(19)15(11-14)18(23)20-13-7-5-4-6-8-13/h4-12H,3H2,1-2H3,(H,20,23)(H,21,22)/t12-/m1/s1. The van der Waals surface area contributed by atoms with Gasteiger partial charge in [-0.05, 0) is 44.2 Å². The molecule has 5 nitrogen and oxygen atoms in total. The summed E-state index contributed by atoms with van der Waals surface area (Å²) < 4.78 is 5.24. The smallest absolute Gasteiger partial charge is 0.257 e. The topological polar surface area (TPSA) is 67.4 Å². The molecule has 0 aliphatic carbocycles. The largest absolute Gasteiger partial charge is 0.369 e. The number of ether oxygens (including phenoxy) is 1. The second-order valence-corrected chi connectivity index (χ2v) is 5.51. The number of amides is 2. The van der Waals surface area contributed by atoms with Gasteiger partial charge in [-0.2, -0.15) is 0 Å². The summed E-state index contributed by atoms with van der Waals surface area (Å²) in [6, 6.07) is 13.8. The first-order chi connectivity index (χ1) is 11.5. The Morgan fingerprint density at radius 2 is 1.79 bits per heavy atom. The van der Waals surface area contributed by atoms with Crippen LogP contribution in [0.2, 0.25) is 5.02 Å². The van der Waals surface area contributed by atoms with E-state index < -0.39 is 6.10 Å². The number of anilines is 2. The molecule has 24 heavy (non-hydrogen) atoms. The Bertz CT molecular complexity index is 719. The fourth-order valence-electron chi connectivity index (χ4n) is 2.07. The van der Waals surface area contributed by atoms with E-state index in [-0.39, 0.29) is 17.4 Å². The Kier molecular flexibility index (Phi) is 6.35. The van der Waals surface area contributed by atoms with Gasteiger partial charge in [0.15, 0.2) is 0 Å². The second kappa shape index (κ2) is 8.47. The minimum absolute atomic E-state index is 0.280. The van der Waals surface area contributed by atoms with Crippen molar-refractivity contribution < 1.29 is 14.3 Å². The lowest BCUT2D eigenvalue weighted by atomic mass is 10.1. The molecule has 0 bridgehead atoms. The number of rotatable bonds is 6. The van der Waals surface area contributed by atoms with Crippen molar-refractivity contribution in [2.75, 3.05) is 17.2 Å². The molecule has 2 rings (SSSR count). The highest BCUT2D eigenvalue weighted by atomic mass is 35.5. The SMILES string of the molecule is CCO[C@H](C)C(=O)Nc1ccc(Cl)c(C(=O)Nc2ccccc2)c1. The Balaban J connectivity index is 2.13. The molecule has 2 aromatic carbocycles. The minimum Gasteiger partial charge on any atom is -0.369 e. The van der Waals surface area contributed by atoms with Crippen LogP contribution in [0.1, 0.15) is 24.2 Å². The van der Waals surface area contributed by atoms with E-state index in [1.165, 1.54) is 6.07 Å². The van der Waals surface area contributed by atoms with E-state index >= 15 is 0 Å². The van der Waals surface area contributed by atoms with Crippen LogP contribution in [0.5, 0.6) is 0 Å². The second-order valence-electron chi connectivity index (χ2n) is 5.10. The fraction of sp³-hybridized carbons (Fsp3) is 0.222. The van der Waals surface area contributed by atoms with Gasteiger partial charge in [-0.25, -0.2) is 0 Å². The zero-order chi connectivity index (χ0) is 17.5. The van der Waals surface area contributed by atoms with Gasteiger partial charge >= 0.3 is 0 Å². The Labute approximate surface area is 146 Å². The molecule has 1 atom stereocenters. The van der Waals surface area contributed by atoms with Gasteiger partial charge in [0, 0.05) is 18.0 Å². The van der Waals surface area contributed by atoms with E-state index in [2.05, 4.69) is 10.6 Å². The average Bonchev–Trinajstić information content (AvgIpc) is 2.57. The summed E-state index contributed by atoms with van der Waals surface area (Å²) in [6.45, 7) is 3.93. The van der Waals surface area contributed by atoms with E-state index in [4.69, 9.17) is 16.3 Å². The maximum Gasteiger partial charge on any atom is 0.257 e. The molecule has 0 unspecified atom stereocenters. The molecular weight excluding hydrogens is 328 g/mol. The van der Waals surface area contributed by atoms with Crippen molar-refractivity contribution >= 4 is 34.8 Å². The van der Waals surface area contributed by atoms with Crippen molar-refractivity contribution in [2.45, 2.75) is 20.0 Å². The zero-order valence-corrected chi connectivity index (χ0v) is 14.3.